The third kappa shape index (κ3) is 5.12. The maximum atomic E-state index is 10.8. The predicted octanol–water partition coefficient (Wildman–Crippen LogP) is 1.78. The summed E-state index contributed by atoms with van der Waals surface area (Å²) in [6.07, 6.45) is 3.89. The van der Waals surface area contributed by atoms with Gasteiger partial charge in [0.1, 0.15) is 18.1 Å². The molecule has 3 aromatic carbocycles. The van der Waals surface area contributed by atoms with Crippen LogP contribution in [0.25, 0.3) is 22.6 Å². The number of hydrogen-bond donors (Lipinski definition) is 0. The van der Waals surface area contributed by atoms with E-state index in [-0.39, 0.29) is 41.6 Å². The fourth-order valence-electron chi connectivity index (χ4n) is 5.47. The van der Waals surface area contributed by atoms with Crippen molar-refractivity contribution in [3.63, 3.8) is 0 Å². The molecule has 1 aliphatic carbocycles. The number of ether oxygens (including phenoxy) is 2. The first-order valence-electron chi connectivity index (χ1n) is 12.3. The Morgan fingerprint density at radius 2 is 1.70 bits per heavy atom. The number of carboxylic acid groups (broad SMARTS) is 1. The van der Waals surface area contributed by atoms with Crippen LogP contribution in [0.4, 0.5) is 0 Å². The van der Waals surface area contributed by atoms with Crippen molar-refractivity contribution in [2.24, 2.45) is 5.92 Å². The number of benzene rings is 3. The Morgan fingerprint density at radius 1 is 0.973 bits per heavy atom. The van der Waals surface area contributed by atoms with Crippen molar-refractivity contribution in [1.82, 2.24) is 4.98 Å². The Labute approximate surface area is 237 Å². The molecule has 182 valence electrons. The number of aliphatic carboxylic acids is 1. The number of carbonyl (C=O) groups excluding carboxylic acids is 1. The van der Waals surface area contributed by atoms with Crippen molar-refractivity contribution in [3.05, 3.63) is 96.4 Å². The molecule has 0 spiro atoms. The summed E-state index contributed by atoms with van der Waals surface area (Å²) < 4.78 is 18.3. The molecule has 0 bridgehead atoms. The number of hydrogen-bond acceptors (Lipinski definition) is 6. The number of rotatable bonds is 8. The fourth-order valence-corrected chi connectivity index (χ4v) is 5.47. The van der Waals surface area contributed by atoms with E-state index in [0.29, 0.717) is 11.6 Å². The molecule has 1 saturated carbocycles. The molecule has 2 heterocycles. The van der Waals surface area contributed by atoms with Crippen molar-refractivity contribution in [1.29, 1.82) is 0 Å². The molecule has 3 atom stereocenters. The van der Waals surface area contributed by atoms with Gasteiger partial charge in [-0.15, -0.1) is 0 Å². The van der Waals surface area contributed by atoms with Gasteiger partial charge in [0.05, 0.1) is 12.1 Å². The smallest absolute Gasteiger partial charge is 0.546 e. The Bertz CT molecular complexity index is 1320. The Balaban J connectivity index is 0.00000280. The van der Waals surface area contributed by atoms with Crippen LogP contribution in [-0.4, -0.2) is 23.7 Å². The van der Waals surface area contributed by atoms with Gasteiger partial charge in [-0.3, -0.25) is 0 Å². The summed E-state index contributed by atoms with van der Waals surface area (Å²) in [5, 5.41) is 10.8. The largest absolute Gasteiger partial charge is 1.00 e. The standard InChI is InChI=1S/C30H27NO5.Na/c32-26(33)19-34-24-15-7-9-20(18-24)17-23-14-8-16-25-30(23,36-25)29-31-27(21-10-3-1-4-11-21)28(35-29)22-12-5-2-6-13-22;/h1-7,9-13,15,18,23,25H,8,14,16-17,19H2,(H,32,33);/q;+1/p-1/t23-,25-,30+;/m0./s1. The number of epoxide rings is 1. The molecule has 6 rings (SSSR count). The van der Waals surface area contributed by atoms with Gasteiger partial charge in [0.2, 0.25) is 5.89 Å². The second kappa shape index (κ2) is 10.8. The monoisotopic (exact) mass is 503 g/mol. The zero-order valence-electron chi connectivity index (χ0n) is 20.8. The molecular weight excluding hydrogens is 477 g/mol. The van der Waals surface area contributed by atoms with Crippen LogP contribution in [0.1, 0.15) is 30.7 Å². The molecule has 1 saturated heterocycles. The number of carboxylic acids is 1. The summed E-state index contributed by atoms with van der Waals surface area (Å²) in [6, 6.07) is 27.7. The van der Waals surface area contributed by atoms with Crippen molar-refractivity contribution < 1.29 is 53.3 Å². The van der Waals surface area contributed by atoms with Crippen molar-refractivity contribution >= 4 is 5.97 Å². The maximum absolute atomic E-state index is 10.8. The fraction of sp³-hybridized carbons (Fsp3) is 0.267. The van der Waals surface area contributed by atoms with E-state index in [4.69, 9.17) is 18.9 Å². The Morgan fingerprint density at radius 3 is 2.43 bits per heavy atom. The van der Waals surface area contributed by atoms with Crippen molar-refractivity contribution in [2.75, 3.05) is 6.61 Å². The first kappa shape index (κ1) is 25.7. The van der Waals surface area contributed by atoms with Gasteiger partial charge >= 0.3 is 29.6 Å². The molecular formula is C30H26NNaO5. The third-order valence-corrected chi connectivity index (χ3v) is 7.17. The molecule has 1 aromatic heterocycles. The summed E-state index contributed by atoms with van der Waals surface area (Å²) in [5.74, 6) is 0.845. The quantitative estimate of drug-likeness (QED) is 0.269. The van der Waals surface area contributed by atoms with Crippen LogP contribution < -0.4 is 39.4 Å². The van der Waals surface area contributed by atoms with Gasteiger partial charge in [-0.2, -0.15) is 0 Å². The number of nitrogens with zero attached hydrogens (tertiary/aromatic N) is 1. The third-order valence-electron chi connectivity index (χ3n) is 7.17. The summed E-state index contributed by atoms with van der Waals surface area (Å²) in [5.41, 5.74) is 3.31. The first-order valence-corrected chi connectivity index (χ1v) is 12.3. The second-order valence-electron chi connectivity index (χ2n) is 9.47. The Hall–Kier alpha value is -2.90. The van der Waals surface area contributed by atoms with Crippen LogP contribution in [0.5, 0.6) is 5.75 Å². The van der Waals surface area contributed by atoms with Gasteiger partial charge in [-0.25, -0.2) is 4.98 Å². The van der Waals surface area contributed by atoms with Gasteiger partial charge in [0.15, 0.2) is 11.4 Å². The summed E-state index contributed by atoms with van der Waals surface area (Å²) in [7, 11) is 0. The number of aromatic nitrogens is 1. The van der Waals surface area contributed by atoms with Crippen molar-refractivity contribution in [3.8, 4) is 28.3 Å². The van der Waals surface area contributed by atoms with E-state index in [1.54, 1.807) is 6.07 Å². The molecule has 2 aliphatic rings. The van der Waals surface area contributed by atoms with Gasteiger partial charge in [0, 0.05) is 17.0 Å². The number of fused-ring (bicyclic) bond motifs is 1. The minimum absolute atomic E-state index is 0. The maximum Gasteiger partial charge on any atom is 1.00 e. The van der Waals surface area contributed by atoms with Crippen LogP contribution >= 0.6 is 0 Å². The van der Waals surface area contributed by atoms with E-state index in [1.165, 1.54) is 0 Å². The predicted molar refractivity (Wildman–Crippen MR) is 132 cm³/mol. The molecule has 6 nitrogen and oxygen atoms in total. The molecule has 0 unspecified atom stereocenters. The molecule has 0 radical (unpaired) electrons. The molecule has 37 heavy (non-hydrogen) atoms. The minimum atomic E-state index is -1.24. The molecule has 1 aliphatic heterocycles. The summed E-state index contributed by atoms with van der Waals surface area (Å²) >= 11 is 0. The molecule has 0 amide bonds. The van der Waals surface area contributed by atoms with E-state index >= 15 is 0 Å². The van der Waals surface area contributed by atoms with Crippen LogP contribution in [0.15, 0.2) is 89.3 Å². The molecule has 7 heteroatoms. The van der Waals surface area contributed by atoms with Crippen molar-refractivity contribution in [2.45, 2.75) is 37.4 Å². The first-order chi connectivity index (χ1) is 17.6. The van der Waals surface area contributed by atoms with Crippen LogP contribution in [0, 0.1) is 5.92 Å². The van der Waals surface area contributed by atoms with E-state index in [0.717, 1.165) is 53.8 Å². The second-order valence-corrected chi connectivity index (χ2v) is 9.47. The van der Waals surface area contributed by atoms with E-state index in [9.17, 15) is 9.90 Å². The van der Waals surface area contributed by atoms with Crippen LogP contribution in [0.2, 0.25) is 0 Å². The number of carbonyl (C=O) groups is 1. The normalized spacial score (nSPS) is 21.9. The summed E-state index contributed by atoms with van der Waals surface area (Å²) in [4.78, 5) is 15.9. The SMILES string of the molecule is O=C([O-])COc1cccc(C[C@@H]2CCC[C@@H]3O[C@]23c2nc(-c3ccccc3)c(-c3ccccc3)o2)c1.[Na+]. The topological polar surface area (TPSA) is 87.9 Å². The van der Waals surface area contributed by atoms with E-state index in [2.05, 4.69) is 0 Å². The molecule has 4 aromatic rings. The van der Waals surface area contributed by atoms with Gasteiger partial charge in [0.25, 0.3) is 0 Å². The molecule has 2 fully saturated rings. The summed E-state index contributed by atoms with van der Waals surface area (Å²) in [6.45, 7) is -0.469. The molecule has 0 N–H and O–H groups in total. The average molecular weight is 504 g/mol. The van der Waals surface area contributed by atoms with Gasteiger partial charge in [-0.05, 0) is 37.0 Å². The van der Waals surface area contributed by atoms with E-state index in [1.807, 2.05) is 78.9 Å². The van der Waals surface area contributed by atoms with Crippen LogP contribution in [-0.2, 0) is 21.6 Å². The van der Waals surface area contributed by atoms with Gasteiger partial charge in [-0.1, -0.05) is 79.2 Å². The zero-order chi connectivity index (χ0) is 24.5. The van der Waals surface area contributed by atoms with Crippen LogP contribution in [0.3, 0.4) is 0 Å². The number of oxazole rings is 1. The van der Waals surface area contributed by atoms with E-state index < -0.39 is 18.2 Å². The van der Waals surface area contributed by atoms with Gasteiger partial charge < -0.3 is 23.8 Å². The minimum Gasteiger partial charge on any atom is -0.546 e. The Kier molecular flexibility index (Phi) is 7.54. The average Bonchev–Trinajstić information content (AvgIpc) is 3.51. The zero-order valence-corrected chi connectivity index (χ0v) is 22.8.